The molecule has 0 atom stereocenters. The topological polar surface area (TPSA) is 26.3 Å². The van der Waals surface area contributed by atoms with Crippen LogP contribution in [0.4, 0.5) is 4.39 Å². The van der Waals surface area contributed by atoms with E-state index in [1.807, 2.05) is 0 Å². The van der Waals surface area contributed by atoms with Crippen molar-refractivity contribution in [1.29, 1.82) is 0 Å². The zero-order valence-electron chi connectivity index (χ0n) is 9.61. The van der Waals surface area contributed by atoms with E-state index in [4.69, 9.17) is 16.3 Å². The second kappa shape index (κ2) is 5.19. The summed E-state index contributed by atoms with van der Waals surface area (Å²) < 4.78 is 18.4. The van der Waals surface area contributed by atoms with Gasteiger partial charge < -0.3 is 4.74 Å². The van der Waals surface area contributed by atoms with Crippen LogP contribution in [0.2, 0.25) is 5.02 Å². The molecule has 2 aromatic rings. The van der Waals surface area contributed by atoms with Crippen molar-refractivity contribution in [1.82, 2.24) is 0 Å². The number of ether oxygens (including phenoxy) is 1. The van der Waals surface area contributed by atoms with E-state index < -0.39 is 5.82 Å². The number of carbonyl (C=O) groups is 1. The average Bonchev–Trinajstić information content (AvgIpc) is 2.42. The Morgan fingerprint density at radius 2 is 1.83 bits per heavy atom. The molecule has 0 fully saturated rings. The van der Waals surface area contributed by atoms with Crippen LogP contribution in [0, 0.1) is 5.82 Å². The van der Waals surface area contributed by atoms with E-state index in [0.29, 0.717) is 5.56 Å². The van der Waals surface area contributed by atoms with E-state index >= 15 is 0 Å². The zero-order chi connectivity index (χ0) is 13.1. The van der Waals surface area contributed by atoms with Crippen LogP contribution in [0.3, 0.4) is 0 Å². The predicted octanol–water partition coefficient (Wildman–Crippen LogP) is 3.97. The summed E-state index contributed by atoms with van der Waals surface area (Å²) in [7, 11) is 1.38. The van der Waals surface area contributed by atoms with Gasteiger partial charge in [-0.3, -0.25) is 4.79 Å². The number of carbonyl (C=O) groups excluding carboxylic acids is 1. The molecule has 2 rings (SSSR count). The Labute approximate surface area is 109 Å². The third-order valence-corrected chi connectivity index (χ3v) is 2.87. The number of hydrogen-bond donors (Lipinski definition) is 0. The highest BCUT2D eigenvalue weighted by Crippen LogP contribution is 2.31. The molecule has 0 heterocycles. The summed E-state index contributed by atoms with van der Waals surface area (Å²) in [5.41, 5.74) is 2.15. The molecule has 0 spiro atoms. The molecule has 0 saturated carbocycles. The molecule has 0 aliphatic rings. The normalized spacial score (nSPS) is 10.2. The largest absolute Gasteiger partial charge is 0.494 e. The van der Waals surface area contributed by atoms with Gasteiger partial charge in [-0.05, 0) is 23.3 Å². The Balaban J connectivity index is 2.49. The number of rotatable bonds is 3. The molecule has 2 nitrogen and oxygen atoms in total. The summed E-state index contributed by atoms with van der Waals surface area (Å²) in [6, 6.07) is 10.0. The zero-order valence-corrected chi connectivity index (χ0v) is 10.4. The maximum atomic E-state index is 13.5. The Kier molecular flexibility index (Phi) is 3.63. The van der Waals surface area contributed by atoms with Gasteiger partial charge in [0.15, 0.2) is 11.6 Å². The predicted molar refractivity (Wildman–Crippen MR) is 68.8 cm³/mol. The molecular formula is C14H10ClFO2. The molecule has 0 saturated heterocycles. The lowest BCUT2D eigenvalue weighted by atomic mass is 10.0. The first-order valence-electron chi connectivity index (χ1n) is 5.24. The number of methoxy groups -OCH3 is 1. The standard InChI is InChI=1S/C14H10ClFO2/c1-18-13-7-11(6-12(15)14(13)16)10-4-2-9(8-17)3-5-10/h2-8H,1H3. The van der Waals surface area contributed by atoms with Gasteiger partial charge in [0.05, 0.1) is 12.1 Å². The summed E-state index contributed by atoms with van der Waals surface area (Å²) in [4.78, 5) is 10.6. The fourth-order valence-corrected chi connectivity index (χ4v) is 1.84. The Morgan fingerprint density at radius 3 is 2.39 bits per heavy atom. The van der Waals surface area contributed by atoms with Crippen LogP contribution < -0.4 is 4.74 Å². The van der Waals surface area contributed by atoms with E-state index in [2.05, 4.69) is 0 Å². The molecule has 0 aliphatic carbocycles. The second-order valence-corrected chi connectivity index (χ2v) is 4.12. The lowest BCUT2D eigenvalue weighted by Crippen LogP contribution is -1.90. The summed E-state index contributed by atoms with van der Waals surface area (Å²) in [5.74, 6) is -0.482. The molecular weight excluding hydrogens is 255 g/mol. The number of hydrogen-bond acceptors (Lipinski definition) is 2. The smallest absolute Gasteiger partial charge is 0.183 e. The minimum absolute atomic E-state index is 0.00353. The van der Waals surface area contributed by atoms with Crippen LogP contribution in [0.25, 0.3) is 11.1 Å². The fourth-order valence-electron chi connectivity index (χ4n) is 1.63. The van der Waals surface area contributed by atoms with Crippen LogP contribution in [-0.4, -0.2) is 13.4 Å². The van der Waals surface area contributed by atoms with Crippen molar-refractivity contribution in [3.63, 3.8) is 0 Å². The number of halogens is 2. The fraction of sp³-hybridized carbons (Fsp3) is 0.0714. The third-order valence-electron chi connectivity index (χ3n) is 2.59. The summed E-state index contributed by atoms with van der Waals surface area (Å²) in [6.07, 6.45) is 0.766. The molecule has 2 aromatic carbocycles. The molecule has 0 aliphatic heterocycles. The molecule has 18 heavy (non-hydrogen) atoms. The molecule has 92 valence electrons. The molecule has 0 aromatic heterocycles. The van der Waals surface area contributed by atoms with E-state index in [-0.39, 0.29) is 10.8 Å². The quantitative estimate of drug-likeness (QED) is 0.784. The highest BCUT2D eigenvalue weighted by molar-refractivity contribution is 6.31. The SMILES string of the molecule is COc1cc(-c2ccc(C=O)cc2)cc(Cl)c1F. The second-order valence-electron chi connectivity index (χ2n) is 3.71. The first-order valence-corrected chi connectivity index (χ1v) is 5.62. The minimum atomic E-state index is -0.576. The van der Waals surface area contributed by atoms with Crippen LogP contribution in [0.5, 0.6) is 5.75 Å². The van der Waals surface area contributed by atoms with E-state index in [1.165, 1.54) is 13.2 Å². The highest BCUT2D eigenvalue weighted by Gasteiger charge is 2.10. The van der Waals surface area contributed by atoms with E-state index in [9.17, 15) is 9.18 Å². The maximum Gasteiger partial charge on any atom is 0.183 e. The Hall–Kier alpha value is -1.87. The van der Waals surface area contributed by atoms with Crippen molar-refractivity contribution in [2.75, 3.05) is 7.11 Å². The van der Waals surface area contributed by atoms with Crippen molar-refractivity contribution in [3.05, 3.63) is 52.8 Å². The first-order chi connectivity index (χ1) is 8.65. The van der Waals surface area contributed by atoms with Crippen LogP contribution >= 0.6 is 11.6 Å². The van der Waals surface area contributed by atoms with Crippen LogP contribution in [0.15, 0.2) is 36.4 Å². The average molecular weight is 265 g/mol. The van der Waals surface area contributed by atoms with Gasteiger partial charge >= 0.3 is 0 Å². The van der Waals surface area contributed by atoms with Gasteiger partial charge in [0.25, 0.3) is 0 Å². The lowest BCUT2D eigenvalue weighted by Gasteiger charge is -2.08. The van der Waals surface area contributed by atoms with Gasteiger partial charge in [0, 0.05) is 5.56 Å². The van der Waals surface area contributed by atoms with Crippen molar-refractivity contribution >= 4 is 17.9 Å². The van der Waals surface area contributed by atoms with Crippen LogP contribution in [-0.2, 0) is 0 Å². The monoisotopic (exact) mass is 264 g/mol. The molecule has 0 bridgehead atoms. The van der Waals surface area contributed by atoms with Gasteiger partial charge in [-0.25, -0.2) is 4.39 Å². The van der Waals surface area contributed by atoms with Crippen molar-refractivity contribution in [3.8, 4) is 16.9 Å². The van der Waals surface area contributed by atoms with E-state index in [0.717, 1.165) is 17.4 Å². The third kappa shape index (κ3) is 2.36. The molecule has 0 unspecified atom stereocenters. The molecule has 0 radical (unpaired) electrons. The maximum absolute atomic E-state index is 13.5. The summed E-state index contributed by atoms with van der Waals surface area (Å²) in [6.45, 7) is 0. The minimum Gasteiger partial charge on any atom is -0.494 e. The summed E-state index contributed by atoms with van der Waals surface area (Å²) >= 11 is 5.80. The van der Waals surface area contributed by atoms with Gasteiger partial charge in [-0.1, -0.05) is 35.9 Å². The van der Waals surface area contributed by atoms with Crippen molar-refractivity contribution in [2.45, 2.75) is 0 Å². The molecule has 0 amide bonds. The van der Waals surface area contributed by atoms with Gasteiger partial charge in [-0.2, -0.15) is 0 Å². The summed E-state index contributed by atoms with van der Waals surface area (Å²) in [5, 5.41) is 0.00353. The highest BCUT2D eigenvalue weighted by atomic mass is 35.5. The van der Waals surface area contributed by atoms with Crippen molar-refractivity contribution in [2.24, 2.45) is 0 Å². The Bertz CT molecular complexity index is 579. The molecule has 4 heteroatoms. The van der Waals surface area contributed by atoms with Crippen LogP contribution in [0.1, 0.15) is 10.4 Å². The van der Waals surface area contributed by atoms with E-state index in [1.54, 1.807) is 30.3 Å². The van der Waals surface area contributed by atoms with Gasteiger partial charge in [0.1, 0.15) is 6.29 Å². The lowest BCUT2D eigenvalue weighted by molar-refractivity contribution is 0.112. The number of benzene rings is 2. The van der Waals surface area contributed by atoms with Crippen molar-refractivity contribution < 1.29 is 13.9 Å². The number of aldehydes is 1. The Morgan fingerprint density at radius 1 is 1.17 bits per heavy atom. The molecule has 0 N–H and O–H groups in total. The van der Waals surface area contributed by atoms with Gasteiger partial charge in [-0.15, -0.1) is 0 Å². The van der Waals surface area contributed by atoms with Gasteiger partial charge in [0.2, 0.25) is 0 Å². The first kappa shape index (κ1) is 12.6.